The van der Waals surface area contributed by atoms with Crippen LogP contribution in [0.4, 0.5) is 0 Å². The van der Waals surface area contributed by atoms with E-state index < -0.39 is 10.8 Å². The van der Waals surface area contributed by atoms with Gasteiger partial charge in [0.05, 0.1) is 10.1 Å². The van der Waals surface area contributed by atoms with Crippen LogP contribution in [0.5, 0.6) is 0 Å². The average Bonchev–Trinajstić information content (AvgIpc) is 2.68. The van der Waals surface area contributed by atoms with Crippen molar-refractivity contribution in [1.29, 1.82) is 0 Å². The van der Waals surface area contributed by atoms with Gasteiger partial charge in [-0.1, -0.05) is 43.0 Å². The molecular weight excluding hydrogens is 323 g/mol. The number of rotatable bonds is 4. The highest BCUT2D eigenvalue weighted by atomic mass is 35.5. The molecule has 0 aromatic carbocycles. The molecule has 2 nitrogen and oxygen atoms in total. The van der Waals surface area contributed by atoms with Gasteiger partial charge in [-0.15, -0.1) is 11.3 Å². The first-order valence-corrected chi connectivity index (χ1v) is 9.28. The van der Waals surface area contributed by atoms with Gasteiger partial charge in [0.2, 0.25) is 0 Å². The molecule has 0 spiro atoms. The number of hydrogen-bond acceptors (Lipinski definition) is 3. The van der Waals surface area contributed by atoms with Crippen LogP contribution in [-0.4, -0.2) is 21.0 Å². The molecule has 1 aliphatic rings. The second-order valence-corrected chi connectivity index (χ2v) is 9.08. The highest BCUT2D eigenvalue weighted by Crippen LogP contribution is 2.32. The summed E-state index contributed by atoms with van der Waals surface area (Å²) in [6, 6.07) is 1.57. The molecule has 3 unspecified atom stereocenters. The van der Waals surface area contributed by atoms with Crippen molar-refractivity contribution in [2.45, 2.75) is 37.9 Å². The molecule has 106 valence electrons. The molecule has 1 aromatic rings. The van der Waals surface area contributed by atoms with Crippen LogP contribution >= 0.6 is 34.5 Å². The van der Waals surface area contributed by atoms with Gasteiger partial charge in [0.1, 0.15) is 4.34 Å². The topological polar surface area (TPSA) is 34.1 Å². The van der Waals surface area contributed by atoms with Crippen LogP contribution in [0.1, 0.15) is 43.0 Å². The third kappa shape index (κ3) is 4.03. The molecule has 1 aliphatic carbocycles. The number of hydrogen-bond donors (Lipinski definition) is 0. The van der Waals surface area contributed by atoms with Crippen molar-refractivity contribution in [3.63, 3.8) is 0 Å². The summed E-state index contributed by atoms with van der Waals surface area (Å²) >= 11 is 12.9. The first kappa shape index (κ1) is 15.5. The minimum Gasteiger partial charge on any atom is -0.293 e. The summed E-state index contributed by atoms with van der Waals surface area (Å²) in [4.78, 5) is 12.1. The quantitative estimate of drug-likeness (QED) is 0.753. The highest BCUT2D eigenvalue weighted by Gasteiger charge is 2.26. The molecule has 0 bridgehead atoms. The summed E-state index contributed by atoms with van der Waals surface area (Å²) in [6.07, 6.45) is 4.23. The van der Waals surface area contributed by atoms with Crippen molar-refractivity contribution in [2.24, 2.45) is 5.92 Å². The Bertz CT molecular complexity index is 499. The standard InChI is InChI=1S/C13H16Cl2O2S2/c1-8-3-2-4-9(5-8)19(17)7-11(16)10-6-12(14)18-13(10)15/h6,8-9H,2-5,7H2,1H3. The fourth-order valence-corrected chi connectivity index (χ4v) is 5.59. The second kappa shape index (κ2) is 6.70. The van der Waals surface area contributed by atoms with Crippen molar-refractivity contribution >= 4 is 51.1 Å². The minimum absolute atomic E-state index is 0.0597. The number of ketones is 1. The Morgan fingerprint density at radius 2 is 2.21 bits per heavy atom. The summed E-state index contributed by atoms with van der Waals surface area (Å²) < 4.78 is 13.1. The van der Waals surface area contributed by atoms with Gasteiger partial charge in [0.25, 0.3) is 0 Å². The zero-order valence-corrected chi connectivity index (χ0v) is 13.8. The van der Waals surface area contributed by atoms with Crippen molar-refractivity contribution in [1.82, 2.24) is 0 Å². The van der Waals surface area contributed by atoms with Crippen LogP contribution in [0.25, 0.3) is 0 Å². The molecule has 0 amide bonds. The van der Waals surface area contributed by atoms with Crippen LogP contribution in [-0.2, 0) is 10.8 Å². The minimum atomic E-state index is -1.10. The molecule has 0 aliphatic heterocycles. The van der Waals surface area contributed by atoms with Gasteiger partial charge in [0.15, 0.2) is 5.78 Å². The van der Waals surface area contributed by atoms with Crippen LogP contribution in [0.3, 0.4) is 0 Å². The van der Waals surface area contributed by atoms with Crippen molar-refractivity contribution in [3.8, 4) is 0 Å². The fraction of sp³-hybridized carbons (Fsp3) is 0.615. The molecule has 2 rings (SSSR count). The fourth-order valence-electron chi connectivity index (χ4n) is 2.47. The molecule has 1 heterocycles. The van der Waals surface area contributed by atoms with E-state index in [1.165, 1.54) is 17.8 Å². The van der Waals surface area contributed by atoms with Gasteiger partial charge < -0.3 is 0 Å². The molecule has 1 saturated carbocycles. The first-order valence-electron chi connectivity index (χ1n) is 6.32. The maximum absolute atomic E-state index is 12.3. The SMILES string of the molecule is CC1CCCC(S(=O)CC(=O)c2cc(Cl)sc2Cl)C1. The largest absolute Gasteiger partial charge is 0.293 e. The Morgan fingerprint density at radius 3 is 2.79 bits per heavy atom. The Morgan fingerprint density at radius 1 is 1.47 bits per heavy atom. The molecule has 3 atom stereocenters. The highest BCUT2D eigenvalue weighted by molar-refractivity contribution is 7.86. The Labute approximate surface area is 129 Å². The third-order valence-electron chi connectivity index (χ3n) is 3.49. The van der Waals surface area contributed by atoms with E-state index in [0.29, 0.717) is 20.2 Å². The zero-order chi connectivity index (χ0) is 14.0. The Balaban J connectivity index is 1.98. The Kier molecular flexibility index (Phi) is 5.46. The molecule has 0 radical (unpaired) electrons. The molecule has 19 heavy (non-hydrogen) atoms. The molecule has 1 fully saturated rings. The van der Waals surface area contributed by atoms with Gasteiger partial charge in [-0.3, -0.25) is 9.00 Å². The molecule has 0 N–H and O–H groups in total. The van der Waals surface area contributed by atoms with E-state index in [1.54, 1.807) is 6.07 Å². The van der Waals surface area contributed by atoms with E-state index in [-0.39, 0.29) is 16.8 Å². The lowest BCUT2D eigenvalue weighted by molar-refractivity contribution is 0.102. The maximum atomic E-state index is 12.3. The van der Waals surface area contributed by atoms with Gasteiger partial charge in [-0.05, 0) is 24.8 Å². The van der Waals surface area contributed by atoms with E-state index in [1.807, 2.05) is 0 Å². The summed E-state index contributed by atoms with van der Waals surface area (Å²) in [6.45, 7) is 2.18. The number of carbonyl (C=O) groups excluding carboxylic acids is 1. The summed E-state index contributed by atoms with van der Waals surface area (Å²) in [5.74, 6) is 0.506. The molecular formula is C13H16Cl2O2S2. The van der Waals surface area contributed by atoms with Gasteiger partial charge in [0, 0.05) is 21.6 Å². The van der Waals surface area contributed by atoms with Crippen molar-refractivity contribution < 1.29 is 9.00 Å². The lowest BCUT2D eigenvalue weighted by atomic mass is 9.91. The van der Waals surface area contributed by atoms with Crippen LogP contribution in [0.15, 0.2) is 6.07 Å². The number of Topliss-reactive ketones (excluding diaryl/α,β-unsaturated/α-hetero) is 1. The summed E-state index contributed by atoms with van der Waals surface area (Å²) in [5.41, 5.74) is 0.411. The predicted molar refractivity (Wildman–Crippen MR) is 83.1 cm³/mol. The third-order valence-corrected chi connectivity index (χ3v) is 6.70. The van der Waals surface area contributed by atoms with Gasteiger partial charge in [-0.25, -0.2) is 0 Å². The van der Waals surface area contributed by atoms with Crippen LogP contribution < -0.4 is 0 Å². The molecule has 1 aromatic heterocycles. The lowest BCUT2D eigenvalue weighted by Crippen LogP contribution is -2.27. The smallest absolute Gasteiger partial charge is 0.177 e. The number of halogens is 2. The summed E-state index contributed by atoms with van der Waals surface area (Å²) in [7, 11) is -1.10. The van der Waals surface area contributed by atoms with E-state index in [9.17, 15) is 9.00 Å². The second-order valence-electron chi connectivity index (χ2n) is 5.08. The van der Waals surface area contributed by atoms with E-state index >= 15 is 0 Å². The van der Waals surface area contributed by atoms with E-state index in [0.717, 1.165) is 19.3 Å². The van der Waals surface area contributed by atoms with Gasteiger partial charge >= 0.3 is 0 Å². The normalized spacial score (nSPS) is 25.2. The monoisotopic (exact) mass is 338 g/mol. The maximum Gasteiger partial charge on any atom is 0.177 e. The first-order chi connectivity index (χ1) is 8.97. The predicted octanol–water partition coefficient (Wildman–Crippen LogP) is 4.57. The number of thiophene rings is 1. The average molecular weight is 339 g/mol. The molecule has 6 heteroatoms. The zero-order valence-electron chi connectivity index (χ0n) is 10.7. The lowest BCUT2D eigenvalue weighted by Gasteiger charge is -2.25. The Hall–Kier alpha value is 0.1000. The van der Waals surface area contributed by atoms with Crippen molar-refractivity contribution in [3.05, 3.63) is 20.3 Å². The summed E-state index contributed by atoms with van der Waals surface area (Å²) in [5, 5.41) is 0.153. The van der Waals surface area contributed by atoms with Gasteiger partial charge in [-0.2, -0.15) is 0 Å². The van der Waals surface area contributed by atoms with Crippen LogP contribution in [0.2, 0.25) is 8.67 Å². The van der Waals surface area contributed by atoms with E-state index in [2.05, 4.69) is 6.92 Å². The molecule has 0 saturated heterocycles. The van der Waals surface area contributed by atoms with Crippen molar-refractivity contribution in [2.75, 3.05) is 5.75 Å². The van der Waals surface area contributed by atoms with E-state index in [4.69, 9.17) is 23.2 Å². The number of carbonyl (C=O) groups is 1. The van der Waals surface area contributed by atoms with Crippen LogP contribution in [0, 0.1) is 5.92 Å².